The number of carbonyl (C=O) groups is 3. The van der Waals surface area contributed by atoms with Gasteiger partial charge < -0.3 is 15.0 Å². The number of thioether (sulfide) groups is 1. The fourth-order valence-electron chi connectivity index (χ4n) is 2.77. The monoisotopic (exact) mass is 458 g/mol. The molecule has 10 heteroatoms. The van der Waals surface area contributed by atoms with Crippen molar-refractivity contribution in [3.05, 3.63) is 48.5 Å². The molecule has 1 aliphatic heterocycles. The van der Waals surface area contributed by atoms with Crippen molar-refractivity contribution in [2.24, 2.45) is 4.99 Å². The third-order valence-electron chi connectivity index (χ3n) is 4.05. The summed E-state index contributed by atoms with van der Waals surface area (Å²) in [5.41, 5.74) is 0.906. The summed E-state index contributed by atoms with van der Waals surface area (Å²) >= 11 is 2.67. The van der Waals surface area contributed by atoms with E-state index in [1.807, 2.05) is 36.4 Å². The Bertz CT molecular complexity index is 1010. The Balaban J connectivity index is 2.01. The van der Waals surface area contributed by atoms with Crippen LogP contribution in [0.25, 0.3) is 0 Å². The van der Waals surface area contributed by atoms with Crippen LogP contribution in [-0.2, 0) is 14.3 Å². The van der Waals surface area contributed by atoms with Crippen LogP contribution in [0.5, 0.6) is 0 Å². The molecule has 8 nitrogen and oxygen atoms in total. The van der Waals surface area contributed by atoms with Gasteiger partial charge in [0.2, 0.25) is 11.8 Å². The molecule has 0 atom stereocenters. The summed E-state index contributed by atoms with van der Waals surface area (Å²) in [6, 6.07) is 15.2. The van der Waals surface area contributed by atoms with Crippen molar-refractivity contribution >= 4 is 58.0 Å². The molecule has 0 radical (unpaired) electrons. The summed E-state index contributed by atoms with van der Waals surface area (Å²) in [6.07, 6.45) is -0.796. The van der Waals surface area contributed by atoms with E-state index >= 15 is 0 Å². The van der Waals surface area contributed by atoms with Crippen molar-refractivity contribution in [2.75, 3.05) is 43.7 Å². The lowest BCUT2D eigenvalue weighted by atomic mass is 10.2. The number of methoxy groups -OCH3 is 1. The van der Waals surface area contributed by atoms with Gasteiger partial charge in [0.1, 0.15) is 0 Å². The predicted molar refractivity (Wildman–Crippen MR) is 124 cm³/mol. The standard InChI is InChI=1S/C21H22N4O4S2/c1-24(2)12-18(26)22-16-10-9-15(31-14-7-5-4-6-8-14)11-17(16)25-19(27)13-30-20(25)23-21(28)29-3/h4-11H,12-13H2,1-3H3,(H,22,26). The molecule has 0 aromatic heterocycles. The Morgan fingerprint density at radius 2 is 1.94 bits per heavy atom. The highest BCUT2D eigenvalue weighted by molar-refractivity contribution is 8.15. The van der Waals surface area contributed by atoms with E-state index in [2.05, 4.69) is 15.0 Å². The van der Waals surface area contributed by atoms with Gasteiger partial charge in [-0.15, -0.1) is 0 Å². The van der Waals surface area contributed by atoms with Crippen molar-refractivity contribution in [3.63, 3.8) is 0 Å². The Labute approximate surface area is 189 Å². The van der Waals surface area contributed by atoms with Crippen LogP contribution in [0.3, 0.4) is 0 Å². The molecule has 1 saturated heterocycles. The van der Waals surface area contributed by atoms with E-state index < -0.39 is 6.09 Å². The average molecular weight is 459 g/mol. The summed E-state index contributed by atoms with van der Waals surface area (Å²) in [6.45, 7) is 0.186. The SMILES string of the molecule is COC(=O)N=C1SCC(=O)N1c1cc(Sc2ccccc2)ccc1NC(=O)CN(C)C. The molecular formula is C21H22N4O4S2. The molecule has 162 valence electrons. The Kier molecular flexibility index (Phi) is 7.72. The number of amidine groups is 1. The first kappa shape index (κ1) is 22.9. The molecule has 3 rings (SSSR count). The van der Waals surface area contributed by atoms with Crippen LogP contribution < -0.4 is 10.2 Å². The molecule has 0 unspecified atom stereocenters. The summed E-state index contributed by atoms with van der Waals surface area (Å²) in [4.78, 5) is 45.6. The summed E-state index contributed by atoms with van der Waals surface area (Å²) in [5, 5.41) is 3.06. The largest absolute Gasteiger partial charge is 0.451 e. The molecule has 2 aromatic carbocycles. The van der Waals surface area contributed by atoms with Crippen molar-refractivity contribution in [2.45, 2.75) is 9.79 Å². The number of hydrogen-bond donors (Lipinski definition) is 1. The molecular weight excluding hydrogens is 436 g/mol. The lowest BCUT2D eigenvalue weighted by molar-refractivity contribution is -0.117. The Morgan fingerprint density at radius 3 is 2.61 bits per heavy atom. The van der Waals surface area contributed by atoms with E-state index in [1.165, 1.54) is 23.8 Å². The van der Waals surface area contributed by atoms with Crippen LogP contribution in [0.2, 0.25) is 0 Å². The minimum absolute atomic E-state index is 0.136. The van der Waals surface area contributed by atoms with Crippen molar-refractivity contribution in [1.82, 2.24) is 4.90 Å². The zero-order chi connectivity index (χ0) is 22.4. The maximum atomic E-state index is 12.7. The number of nitrogens with zero attached hydrogens (tertiary/aromatic N) is 3. The van der Waals surface area contributed by atoms with Crippen molar-refractivity contribution < 1.29 is 19.1 Å². The third kappa shape index (κ3) is 6.09. The van der Waals surface area contributed by atoms with E-state index in [1.54, 1.807) is 31.1 Å². The summed E-state index contributed by atoms with van der Waals surface area (Å²) in [5.74, 6) is -0.324. The van der Waals surface area contributed by atoms with Crippen LogP contribution in [-0.4, -0.2) is 61.5 Å². The molecule has 1 fully saturated rings. The fraction of sp³-hybridized carbons (Fsp3) is 0.238. The van der Waals surface area contributed by atoms with Gasteiger partial charge in [0.15, 0.2) is 5.17 Å². The van der Waals surface area contributed by atoms with Gasteiger partial charge in [-0.1, -0.05) is 41.7 Å². The maximum absolute atomic E-state index is 12.7. The first-order valence-corrected chi connectivity index (χ1v) is 11.1. The number of hydrogen-bond acceptors (Lipinski definition) is 7. The fourth-order valence-corrected chi connectivity index (χ4v) is 4.49. The van der Waals surface area contributed by atoms with Gasteiger partial charge in [0.25, 0.3) is 0 Å². The van der Waals surface area contributed by atoms with E-state index in [0.717, 1.165) is 21.6 Å². The molecule has 0 saturated carbocycles. The lowest BCUT2D eigenvalue weighted by Gasteiger charge is -2.21. The average Bonchev–Trinajstić information content (AvgIpc) is 3.09. The van der Waals surface area contributed by atoms with Gasteiger partial charge in [-0.3, -0.25) is 14.5 Å². The minimum Gasteiger partial charge on any atom is -0.451 e. The van der Waals surface area contributed by atoms with Gasteiger partial charge in [0, 0.05) is 9.79 Å². The molecule has 1 aliphatic rings. The molecule has 0 spiro atoms. The molecule has 2 aromatic rings. The zero-order valence-corrected chi connectivity index (χ0v) is 19.0. The molecule has 1 N–H and O–H groups in total. The normalized spacial score (nSPS) is 14.9. The Morgan fingerprint density at radius 1 is 1.19 bits per heavy atom. The smallest absolute Gasteiger partial charge is 0.435 e. The Hall–Kier alpha value is -2.82. The molecule has 3 amide bonds. The number of amides is 3. The number of benzene rings is 2. The number of likely N-dealkylation sites (N-methyl/N-ethyl adjacent to an activating group) is 1. The first-order chi connectivity index (χ1) is 14.9. The van der Waals surface area contributed by atoms with Gasteiger partial charge in [-0.25, -0.2) is 4.79 Å². The number of anilines is 2. The van der Waals surface area contributed by atoms with Crippen molar-refractivity contribution in [1.29, 1.82) is 0 Å². The molecule has 1 heterocycles. The number of nitrogens with one attached hydrogen (secondary N) is 1. The topological polar surface area (TPSA) is 91.3 Å². The summed E-state index contributed by atoms with van der Waals surface area (Å²) in [7, 11) is 4.81. The second-order valence-electron chi connectivity index (χ2n) is 6.76. The summed E-state index contributed by atoms with van der Waals surface area (Å²) < 4.78 is 4.62. The van der Waals surface area contributed by atoms with E-state index in [4.69, 9.17) is 0 Å². The quantitative estimate of drug-likeness (QED) is 0.708. The highest BCUT2D eigenvalue weighted by Crippen LogP contribution is 2.38. The zero-order valence-electron chi connectivity index (χ0n) is 17.3. The van der Waals surface area contributed by atoms with Gasteiger partial charge >= 0.3 is 6.09 Å². The van der Waals surface area contributed by atoms with E-state index in [-0.39, 0.29) is 29.3 Å². The number of aliphatic imine (C=N–C) groups is 1. The van der Waals surface area contributed by atoms with Gasteiger partial charge in [-0.2, -0.15) is 4.99 Å². The first-order valence-electron chi connectivity index (χ1n) is 9.31. The molecule has 0 bridgehead atoms. The predicted octanol–water partition coefficient (Wildman–Crippen LogP) is 3.54. The van der Waals surface area contributed by atoms with Crippen LogP contribution in [0, 0.1) is 0 Å². The van der Waals surface area contributed by atoms with Gasteiger partial charge in [0.05, 0.1) is 30.8 Å². The number of ether oxygens (including phenoxy) is 1. The number of rotatable bonds is 6. The van der Waals surface area contributed by atoms with E-state index in [9.17, 15) is 14.4 Å². The second kappa shape index (κ2) is 10.5. The number of carbonyl (C=O) groups excluding carboxylic acids is 3. The second-order valence-corrected chi connectivity index (χ2v) is 8.85. The minimum atomic E-state index is -0.796. The van der Waals surface area contributed by atoms with Crippen LogP contribution in [0.15, 0.2) is 63.3 Å². The highest BCUT2D eigenvalue weighted by atomic mass is 32.2. The van der Waals surface area contributed by atoms with Crippen LogP contribution in [0.4, 0.5) is 16.2 Å². The van der Waals surface area contributed by atoms with Crippen molar-refractivity contribution in [3.8, 4) is 0 Å². The van der Waals surface area contributed by atoms with Gasteiger partial charge in [-0.05, 0) is 44.4 Å². The highest BCUT2D eigenvalue weighted by Gasteiger charge is 2.32. The molecule has 31 heavy (non-hydrogen) atoms. The van der Waals surface area contributed by atoms with Crippen LogP contribution in [0.1, 0.15) is 0 Å². The molecule has 0 aliphatic carbocycles. The van der Waals surface area contributed by atoms with Crippen LogP contribution >= 0.6 is 23.5 Å². The maximum Gasteiger partial charge on any atom is 0.435 e. The van der Waals surface area contributed by atoms with E-state index in [0.29, 0.717) is 11.4 Å². The lowest BCUT2D eigenvalue weighted by Crippen LogP contribution is -2.32. The third-order valence-corrected chi connectivity index (χ3v) is 5.97.